The third-order valence-electron chi connectivity index (χ3n) is 3.71. The fraction of sp³-hybridized carbons (Fsp3) is 0.222. The van der Waals surface area contributed by atoms with E-state index in [-0.39, 0.29) is 15.7 Å². The molecular weight excluding hydrogens is 408 g/mol. The molecule has 0 aliphatic rings. The number of carbonyl (C=O) groups excluding carboxylic acids is 2. The van der Waals surface area contributed by atoms with Crippen molar-refractivity contribution in [3.05, 3.63) is 53.1 Å². The first-order valence-electron chi connectivity index (χ1n) is 8.03. The summed E-state index contributed by atoms with van der Waals surface area (Å²) in [6, 6.07) is 9.03. The van der Waals surface area contributed by atoms with Crippen molar-refractivity contribution in [2.75, 3.05) is 19.5 Å². The molecule has 0 saturated carbocycles. The quantitative estimate of drug-likeness (QED) is 0.658. The van der Waals surface area contributed by atoms with Crippen LogP contribution in [0.2, 0.25) is 5.02 Å². The summed E-state index contributed by atoms with van der Waals surface area (Å²) >= 11 is 5.87. The maximum absolute atomic E-state index is 12.6. The molecule has 0 aliphatic heterocycles. The van der Waals surface area contributed by atoms with Gasteiger partial charge in [0.1, 0.15) is 10.6 Å². The second kappa shape index (κ2) is 9.05. The molecule has 0 radical (unpaired) electrons. The van der Waals surface area contributed by atoms with Gasteiger partial charge < -0.3 is 14.8 Å². The number of sulfonamides is 1. The number of nitrogens with one attached hydrogen (secondary N) is 2. The average molecular weight is 427 g/mol. The Bertz CT molecular complexity index is 976. The first kappa shape index (κ1) is 21.7. The minimum Gasteiger partial charge on any atom is -0.495 e. The summed E-state index contributed by atoms with van der Waals surface area (Å²) in [5.74, 6) is -0.993. The SMILES string of the molecule is COC(=O)c1ccc(NC(=O)[C@H](C)NS(=O)(=O)c2cc(Cl)ccc2OC)cc1. The largest absolute Gasteiger partial charge is 0.495 e. The first-order chi connectivity index (χ1) is 13.2. The lowest BCUT2D eigenvalue weighted by molar-refractivity contribution is -0.117. The van der Waals surface area contributed by atoms with E-state index in [9.17, 15) is 18.0 Å². The highest BCUT2D eigenvalue weighted by molar-refractivity contribution is 7.89. The minimum atomic E-state index is -4.06. The van der Waals surface area contributed by atoms with Crippen LogP contribution in [0, 0.1) is 0 Å². The van der Waals surface area contributed by atoms with Crippen LogP contribution in [0.3, 0.4) is 0 Å². The normalized spacial score (nSPS) is 12.1. The highest BCUT2D eigenvalue weighted by Gasteiger charge is 2.25. The number of benzene rings is 2. The molecule has 0 fully saturated rings. The molecule has 150 valence electrons. The molecule has 0 saturated heterocycles. The van der Waals surface area contributed by atoms with Gasteiger partial charge in [0, 0.05) is 10.7 Å². The summed E-state index contributed by atoms with van der Waals surface area (Å²) in [5, 5.41) is 2.78. The van der Waals surface area contributed by atoms with Gasteiger partial charge in [-0.15, -0.1) is 0 Å². The molecule has 0 aromatic heterocycles. The van der Waals surface area contributed by atoms with Gasteiger partial charge in [0.05, 0.1) is 25.8 Å². The van der Waals surface area contributed by atoms with E-state index in [1.54, 1.807) is 0 Å². The highest BCUT2D eigenvalue weighted by atomic mass is 35.5. The summed E-state index contributed by atoms with van der Waals surface area (Å²) in [6.07, 6.45) is 0. The minimum absolute atomic E-state index is 0.0999. The molecule has 0 heterocycles. The van der Waals surface area contributed by atoms with Crippen molar-refractivity contribution in [2.24, 2.45) is 0 Å². The van der Waals surface area contributed by atoms with Gasteiger partial charge in [-0.25, -0.2) is 13.2 Å². The average Bonchev–Trinajstić information content (AvgIpc) is 2.67. The van der Waals surface area contributed by atoms with E-state index in [1.807, 2.05) is 0 Å². The van der Waals surface area contributed by atoms with E-state index < -0.39 is 27.9 Å². The molecule has 0 aliphatic carbocycles. The van der Waals surface area contributed by atoms with Crippen molar-refractivity contribution in [3.63, 3.8) is 0 Å². The van der Waals surface area contributed by atoms with Gasteiger partial charge in [-0.2, -0.15) is 4.72 Å². The van der Waals surface area contributed by atoms with Crippen LogP contribution in [0.15, 0.2) is 47.4 Å². The number of hydrogen-bond donors (Lipinski definition) is 2. The van der Waals surface area contributed by atoms with Crippen LogP contribution in [0.1, 0.15) is 17.3 Å². The Morgan fingerprint density at radius 1 is 1.07 bits per heavy atom. The van der Waals surface area contributed by atoms with E-state index in [0.29, 0.717) is 11.3 Å². The van der Waals surface area contributed by atoms with Crippen molar-refractivity contribution in [1.29, 1.82) is 0 Å². The van der Waals surface area contributed by atoms with Gasteiger partial charge in [-0.1, -0.05) is 11.6 Å². The van der Waals surface area contributed by atoms with Crippen molar-refractivity contribution >= 4 is 39.2 Å². The van der Waals surface area contributed by atoms with E-state index in [2.05, 4.69) is 14.8 Å². The second-order valence-electron chi connectivity index (χ2n) is 5.70. The van der Waals surface area contributed by atoms with Crippen LogP contribution >= 0.6 is 11.6 Å². The number of anilines is 1. The number of carbonyl (C=O) groups is 2. The van der Waals surface area contributed by atoms with Crippen molar-refractivity contribution in [3.8, 4) is 5.75 Å². The second-order valence-corrected chi connectivity index (χ2v) is 7.82. The van der Waals surface area contributed by atoms with Gasteiger partial charge in [-0.05, 0) is 49.4 Å². The molecule has 0 bridgehead atoms. The Hall–Kier alpha value is -2.62. The molecule has 8 nitrogen and oxygen atoms in total. The van der Waals surface area contributed by atoms with Gasteiger partial charge >= 0.3 is 5.97 Å². The molecule has 28 heavy (non-hydrogen) atoms. The third-order valence-corrected chi connectivity index (χ3v) is 5.51. The number of methoxy groups -OCH3 is 2. The summed E-state index contributed by atoms with van der Waals surface area (Å²) in [4.78, 5) is 23.6. The molecular formula is C18H19ClN2O6S. The molecule has 2 N–H and O–H groups in total. The Labute approximate surface area is 167 Å². The smallest absolute Gasteiger partial charge is 0.337 e. The number of esters is 1. The van der Waals surface area contributed by atoms with Gasteiger partial charge in [0.25, 0.3) is 0 Å². The highest BCUT2D eigenvalue weighted by Crippen LogP contribution is 2.27. The van der Waals surface area contributed by atoms with Crippen LogP contribution in [-0.4, -0.2) is 40.6 Å². The molecule has 10 heteroatoms. The van der Waals surface area contributed by atoms with Crippen molar-refractivity contribution in [1.82, 2.24) is 4.72 Å². The van der Waals surface area contributed by atoms with Crippen LogP contribution in [0.5, 0.6) is 5.75 Å². The number of ether oxygens (including phenoxy) is 2. The molecule has 0 unspecified atom stereocenters. The maximum Gasteiger partial charge on any atom is 0.337 e. The maximum atomic E-state index is 12.6. The van der Waals surface area contributed by atoms with Crippen LogP contribution in [0.4, 0.5) is 5.69 Å². The summed E-state index contributed by atoms with van der Waals surface area (Å²) < 4.78 is 37.1. The molecule has 1 amide bonds. The first-order valence-corrected chi connectivity index (χ1v) is 9.89. The Balaban J connectivity index is 2.11. The zero-order valence-electron chi connectivity index (χ0n) is 15.4. The number of rotatable bonds is 7. The van der Waals surface area contributed by atoms with Crippen LogP contribution in [-0.2, 0) is 19.6 Å². The predicted molar refractivity (Wildman–Crippen MR) is 104 cm³/mol. The Morgan fingerprint density at radius 3 is 2.29 bits per heavy atom. The number of hydrogen-bond acceptors (Lipinski definition) is 6. The van der Waals surface area contributed by atoms with Crippen LogP contribution < -0.4 is 14.8 Å². The van der Waals surface area contributed by atoms with E-state index in [4.69, 9.17) is 16.3 Å². The van der Waals surface area contributed by atoms with Gasteiger partial charge in [-0.3, -0.25) is 4.79 Å². The fourth-order valence-corrected chi connectivity index (χ4v) is 3.90. The monoisotopic (exact) mass is 426 g/mol. The topological polar surface area (TPSA) is 111 Å². The summed E-state index contributed by atoms with van der Waals surface area (Å²) in [5.41, 5.74) is 0.714. The predicted octanol–water partition coefficient (Wildman–Crippen LogP) is 2.44. The van der Waals surface area contributed by atoms with Crippen molar-refractivity contribution in [2.45, 2.75) is 17.9 Å². The molecule has 2 rings (SSSR count). The fourth-order valence-electron chi connectivity index (χ4n) is 2.27. The molecule has 2 aromatic carbocycles. The van der Waals surface area contributed by atoms with E-state index in [0.717, 1.165) is 0 Å². The third kappa shape index (κ3) is 5.22. The van der Waals surface area contributed by atoms with E-state index in [1.165, 1.54) is 63.6 Å². The van der Waals surface area contributed by atoms with Gasteiger partial charge in [0.2, 0.25) is 15.9 Å². The lowest BCUT2D eigenvalue weighted by Gasteiger charge is -2.16. The molecule has 2 aromatic rings. The number of halogens is 1. The molecule has 0 spiro atoms. The van der Waals surface area contributed by atoms with Crippen LogP contribution in [0.25, 0.3) is 0 Å². The van der Waals surface area contributed by atoms with E-state index >= 15 is 0 Å². The summed E-state index contributed by atoms with van der Waals surface area (Å²) in [7, 11) is -1.47. The van der Waals surface area contributed by atoms with Gasteiger partial charge in [0.15, 0.2) is 0 Å². The zero-order chi connectivity index (χ0) is 20.9. The number of amides is 1. The Morgan fingerprint density at radius 2 is 1.71 bits per heavy atom. The zero-order valence-corrected chi connectivity index (χ0v) is 16.9. The molecule has 1 atom stereocenters. The van der Waals surface area contributed by atoms with Crippen molar-refractivity contribution < 1.29 is 27.5 Å². The standard InChI is InChI=1S/C18H19ClN2O6S/c1-11(17(22)20-14-7-4-12(5-8-14)18(23)27-3)21-28(24,25)16-10-13(19)6-9-15(16)26-2/h4-11,21H,1-3H3,(H,20,22)/t11-/m0/s1. The summed E-state index contributed by atoms with van der Waals surface area (Å²) in [6.45, 7) is 1.40. The Kier molecular flexibility index (Phi) is 7.00. The lowest BCUT2D eigenvalue weighted by atomic mass is 10.2. The lowest BCUT2D eigenvalue weighted by Crippen LogP contribution is -2.41.